The fourth-order valence-electron chi connectivity index (χ4n) is 3.04. The minimum absolute atomic E-state index is 0.117. The molecule has 0 radical (unpaired) electrons. The van der Waals surface area contributed by atoms with Crippen molar-refractivity contribution in [3.05, 3.63) is 30.1 Å². The van der Waals surface area contributed by atoms with Gasteiger partial charge in [0.15, 0.2) is 5.78 Å². The van der Waals surface area contributed by atoms with Crippen LogP contribution in [-0.4, -0.2) is 10.8 Å². The van der Waals surface area contributed by atoms with E-state index < -0.39 is 5.92 Å². The van der Waals surface area contributed by atoms with Gasteiger partial charge < -0.3 is 0 Å². The largest absolute Gasteiger partial charge is 0.298 e. The van der Waals surface area contributed by atoms with Crippen LogP contribution in [0.1, 0.15) is 30.7 Å². The first kappa shape index (κ1) is 10.5. The molecule has 2 saturated carbocycles. The average Bonchev–Trinajstić information content (AvgIpc) is 2.98. The number of carbonyl (C=O) groups excluding carboxylic acids is 1. The summed E-state index contributed by atoms with van der Waals surface area (Å²) in [7, 11) is 0. The molecule has 2 aliphatic rings. The molecule has 0 bridgehead atoms. The summed E-state index contributed by atoms with van der Waals surface area (Å²) in [5, 5.41) is 9.20. The second-order valence-electron chi connectivity index (χ2n) is 5.17. The standard InChI is InChI=1S/C14H14N2O/c15-8-13(9-1-3-16-4-2-9)14(17)12-6-10-5-11(10)7-12/h1-4,10-13H,5-7H2. The van der Waals surface area contributed by atoms with E-state index in [9.17, 15) is 10.1 Å². The van der Waals surface area contributed by atoms with Crippen molar-refractivity contribution in [3.8, 4) is 6.07 Å². The molecule has 0 N–H and O–H groups in total. The summed E-state index contributed by atoms with van der Waals surface area (Å²) in [4.78, 5) is 16.2. The van der Waals surface area contributed by atoms with Gasteiger partial charge in [-0.25, -0.2) is 0 Å². The number of fused-ring (bicyclic) bond motifs is 1. The number of nitrogens with zero attached hydrogens (tertiary/aromatic N) is 2. The normalized spacial score (nSPS) is 31.4. The topological polar surface area (TPSA) is 53.8 Å². The van der Waals surface area contributed by atoms with E-state index in [1.165, 1.54) is 6.42 Å². The van der Waals surface area contributed by atoms with Gasteiger partial charge in [0.2, 0.25) is 0 Å². The van der Waals surface area contributed by atoms with Gasteiger partial charge in [0, 0.05) is 18.3 Å². The van der Waals surface area contributed by atoms with Crippen LogP contribution in [0.2, 0.25) is 0 Å². The second kappa shape index (κ2) is 3.96. The Balaban J connectivity index is 1.77. The monoisotopic (exact) mass is 226 g/mol. The predicted molar refractivity (Wildman–Crippen MR) is 61.9 cm³/mol. The molecule has 86 valence electrons. The highest BCUT2D eigenvalue weighted by Crippen LogP contribution is 2.55. The molecule has 3 unspecified atom stereocenters. The molecule has 1 heterocycles. The SMILES string of the molecule is N#CC(C(=O)C1CC2CC2C1)c1ccncc1. The van der Waals surface area contributed by atoms with Crippen molar-refractivity contribution < 1.29 is 4.79 Å². The van der Waals surface area contributed by atoms with Crippen molar-refractivity contribution >= 4 is 5.78 Å². The lowest BCUT2D eigenvalue weighted by atomic mass is 9.86. The van der Waals surface area contributed by atoms with Crippen molar-refractivity contribution in [2.45, 2.75) is 25.2 Å². The number of pyridine rings is 1. The van der Waals surface area contributed by atoms with Crippen LogP contribution < -0.4 is 0 Å². The highest BCUT2D eigenvalue weighted by atomic mass is 16.1. The lowest BCUT2D eigenvalue weighted by Crippen LogP contribution is -2.20. The van der Waals surface area contributed by atoms with Crippen molar-refractivity contribution in [3.63, 3.8) is 0 Å². The Morgan fingerprint density at radius 2 is 1.94 bits per heavy atom. The summed E-state index contributed by atoms with van der Waals surface area (Å²) in [6.45, 7) is 0. The minimum Gasteiger partial charge on any atom is -0.298 e. The fourth-order valence-corrected chi connectivity index (χ4v) is 3.04. The smallest absolute Gasteiger partial charge is 0.157 e. The summed E-state index contributed by atoms with van der Waals surface area (Å²) in [5.74, 6) is 1.20. The molecule has 1 aromatic heterocycles. The Hall–Kier alpha value is -1.69. The third-order valence-electron chi connectivity index (χ3n) is 4.10. The molecule has 3 nitrogen and oxygen atoms in total. The van der Waals surface area contributed by atoms with Crippen molar-refractivity contribution in [1.82, 2.24) is 4.98 Å². The minimum atomic E-state index is -0.597. The molecule has 3 rings (SSSR count). The van der Waals surface area contributed by atoms with Gasteiger partial charge in [-0.2, -0.15) is 5.26 Å². The Kier molecular flexibility index (Phi) is 2.44. The zero-order valence-electron chi connectivity index (χ0n) is 9.54. The number of ketones is 1. The maximum absolute atomic E-state index is 12.3. The van der Waals surface area contributed by atoms with Gasteiger partial charge in [0.05, 0.1) is 6.07 Å². The third-order valence-corrected chi connectivity index (χ3v) is 4.10. The predicted octanol–water partition coefficient (Wildman–Crippen LogP) is 2.30. The third kappa shape index (κ3) is 1.84. The number of hydrogen-bond donors (Lipinski definition) is 0. The van der Waals surface area contributed by atoms with Gasteiger partial charge in [-0.05, 0) is 48.8 Å². The van der Waals surface area contributed by atoms with Gasteiger partial charge in [0.25, 0.3) is 0 Å². The van der Waals surface area contributed by atoms with E-state index >= 15 is 0 Å². The molecule has 0 amide bonds. The quantitative estimate of drug-likeness (QED) is 0.794. The molecule has 0 aliphatic heterocycles. The van der Waals surface area contributed by atoms with Crippen LogP contribution in [0.15, 0.2) is 24.5 Å². The van der Waals surface area contributed by atoms with Crippen molar-refractivity contribution in [1.29, 1.82) is 5.26 Å². The maximum Gasteiger partial charge on any atom is 0.157 e. The Labute approximate surface area is 100 Å². The number of rotatable bonds is 3. The molecule has 1 aromatic rings. The first-order chi connectivity index (χ1) is 8.29. The van der Waals surface area contributed by atoms with E-state index in [4.69, 9.17) is 0 Å². The van der Waals surface area contributed by atoms with Gasteiger partial charge >= 0.3 is 0 Å². The average molecular weight is 226 g/mol. The summed E-state index contributed by atoms with van der Waals surface area (Å²) < 4.78 is 0. The van der Waals surface area contributed by atoms with Crippen molar-refractivity contribution in [2.24, 2.45) is 17.8 Å². The lowest BCUT2D eigenvalue weighted by Gasteiger charge is -2.14. The van der Waals surface area contributed by atoms with Gasteiger partial charge in [-0.1, -0.05) is 0 Å². The van der Waals surface area contributed by atoms with E-state index in [0.717, 1.165) is 30.2 Å². The Morgan fingerprint density at radius 3 is 2.53 bits per heavy atom. The number of aromatic nitrogens is 1. The molecule has 3 atom stereocenters. The number of carbonyl (C=O) groups is 1. The van der Waals surface area contributed by atoms with Gasteiger partial charge in [-0.15, -0.1) is 0 Å². The van der Waals surface area contributed by atoms with Crippen LogP contribution in [0.3, 0.4) is 0 Å². The first-order valence-electron chi connectivity index (χ1n) is 6.13. The van der Waals surface area contributed by atoms with E-state index in [1.807, 2.05) is 0 Å². The maximum atomic E-state index is 12.3. The van der Waals surface area contributed by atoms with E-state index in [0.29, 0.717) is 0 Å². The van der Waals surface area contributed by atoms with Gasteiger partial charge in [0.1, 0.15) is 5.92 Å². The van der Waals surface area contributed by atoms with Crippen LogP contribution in [-0.2, 0) is 4.79 Å². The molecule has 2 aliphatic carbocycles. The lowest BCUT2D eigenvalue weighted by molar-refractivity contribution is -0.123. The molecule has 3 heteroatoms. The van der Waals surface area contributed by atoms with Crippen LogP contribution >= 0.6 is 0 Å². The van der Waals surface area contributed by atoms with Crippen LogP contribution in [0.4, 0.5) is 0 Å². The zero-order chi connectivity index (χ0) is 11.8. The molecule has 0 aromatic carbocycles. The van der Waals surface area contributed by atoms with E-state index in [-0.39, 0.29) is 11.7 Å². The summed E-state index contributed by atoms with van der Waals surface area (Å²) in [6.07, 6.45) is 6.59. The molecule has 0 saturated heterocycles. The molecule has 0 spiro atoms. The number of nitriles is 1. The second-order valence-corrected chi connectivity index (χ2v) is 5.17. The molecule has 17 heavy (non-hydrogen) atoms. The van der Waals surface area contributed by atoms with Crippen LogP contribution in [0.25, 0.3) is 0 Å². The molecule has 2 fully saturated rings. The fraction of sp³-hybridized carbons (Fsp3) is 0.500. The number of Topliss-reactive ketones (excluding diaryl/α,β-unsaturated/α-hetero) is 1. The summed E-state index contributed by atoms with van der Waals surface area (Å²) in [6, 6.07) is 5.68. The highest BCUT2D eigenvalue weighted by Gasteiger charge is 2.49. The van der Waals surface area contributed by atoms with Crippen LogP contribution in [0, 0.1) is 29.1 Å². The zero-order valence-corrected chi connectivity index (χ0v) is 9.54. The summed E-state index contributed by atoms with van der Waals surface area (Å²) >= 11 is 0. The first-order valence-corrected chi connectivity index (χ1v) is 6.13. The molecular weight excluding hydrogens is 212 g/mol. The summed E-state index contributed by atoms with van der Waals surface area (Å²) in [5.41, 5.74) is 0.785. The van der Waals surface area contributed by atoms with Crippen LogP contribution in [0.5, 0.6) is 0 Å². The Morgan fingerprint density at radius 1 is 1.29 bits per heavy atom. The van der Waals surface area contributed by atoms with E-state index in [2.05, 4.69) is 11.1 Å². The molecular formula is C14H14N2O. The van der Waals surface area contributed by atoms with Crippen molar-refractivity contribution in [2.75, 3.05) is 0 Å². The Bertz CT molecular complexity index is 467. The highest BCUT2D eigenvalue weighted by molar-refractivity contribution is 5.90. The number of hydrogen-bond acceptors (Lipinski definition) is 3. The van der Waals surface area contributed by atoms with E-state index in [1.54, 1.807) is 24.5 Å². The van der Waals surface area contributed by atoms with Gasteiger partial charge in [-0.3, -0.25) is 9.78 Å².